The maximum absolute atomic E-state index is 13.2. The Labute approximate surface area is 149 Å². The number of hydrogen-bond donors (Lipinski definition) is 1. The van der Waals surface area contributed by atoms with E-state index >= 15 is 0 Å². The highest BCUT2D eigenvalue weighted by molar-refractivity contribution is 6.03. The second kappa shape index (κ2) is 4.79. The first-order valence-corrected chi connectivity index (χ1v) is 9.03. The van der Waals surface area contributed by atoms with Gasteiger partial charge in [-0.3, -0.25) is 9.59 Å². The third-order valence-electron chi connectivity index (χ3n) is 5.99. The Morgan fingerprint density at radius 1 is 1.23 bits per heavy atom. The fraction of sp³-hybridized carbons (Fsp3) is 0.474. The highest BCUT2D eigenvalue weighted by atomic mass is 16.7. The summed E-state index contributed by atoms with van der Waals surface area (Å²) in [5.74, 6) is 0.265. The zero-order valence-corrected chi connectivity index (χ0v) is 14.0. The van der Waals surface area contributed by atoms with E-state index < -0.39 is 17.4 Å². The van der Waals surface area contributed by atoms with Crippen LogP contribution in [-0.2, 0) is 14.3 Å². The summed E-state index contributed by atoms with van der Waals surface area (Å²) in [6.45, 7) is 0.604. The van der Waals surface area contributed by atoms with Crippen LogP contribution in [0.15, 0.2) is 30.4 Å². The molecule has 2 bridgehead atoms. The smallest absolute Gasteiger partial charge is 0.234 e. The van der Waals surface area contributed by atoms with E-state index in [1.807, 2.05) is 30.4 Å². The first-order chi connectivity index (χ1) is 12.6. The molecule has 1 saturated carbocycles. The van der Waals surface area contributed by atoms with Gasteiger partial charge in [-0.1, -0.05) is 12.2 Å². The van der Waals surface area contributed by atoms with Gasteiger partial charge in [-0.2, -0.15) is 0 Å². The molecule has 7 heteroatoms. The summed E-state index contributed by atoms with van der Waals surface area (Å²) >= 11 is 0. The molecule has 1 spiro atoms. The predicted molar refractivity (Wildman–Crippen MR) is 89.8 cm³/mol. The summed E-state index contributed by atoms with van der Waals surface area (Å²) in [5, 5.41) is 3.04. The van der Waals surface area contributed by atoms with Crippen LogP contribution in [0.4, 0.5) is 5.69 Å². The number of ether oxygens (including phenoxy) is 3. The van der Waals surface area contributed by atoms with Crippen LogP contribution >= 0.6 is 0 Å². The SMILES string of the molecule is O=C(NC1CC1)C1C2C=CC3(CN(c4ccc5c(c4)OCO5)C(=O)C13)O2. The minimum absolute atomic E-state index is 0.0605. The first-order valence-electron chi connectivity index (χ1n) is 9.03. The molecule has 2 amide bonds. The number of fused-ring (bicyclic) bond motifs is 2. The average Bonchev–Trinajstić information content (AvgIpc) is 3.02. The van der Waals surface area contributed by atoms with Crippen molar-refractivity contribution in [2.45, 2.75) is 30.6 Å². The van der Waals surface area contributed by atoms with Crippen LogP contribution in [0.3, 0.4) is 0 Å². The number of anilines is 1. The molecule has 5 aliphatic rings. The van der Waals surface area contributed by atoms with E-state index in [9.17, 15) is 9.59 Å². The lowest BCUT2D eigenvalue weighted by Gasteiger charge is -2.23. The highest BCUT2D eigenvalue weighted by Crippen LogP contribution is 2.53. The Morgan fingerprint density at radius 2 is 2.08 bits per heavy atom. The second-order valence-electron chi connectivity index (χ2n) is 7.64. The maximum atomic E-state index is 13.2. The number of amides is 2. The largest absolute Gasteiger partial charge is 0.454 e. The Morgan fingerprint density at radius 3 is 2.92 bits per heavy atom. The fourth-order valence-electron chi connectivity index (χ4n) is 4.59. The molecule has 4 aliphatic heterocycles. The molecule has 1 N–H and O–H groups in total. The quantitative estimate of drug-likeness (QED) is 0.819. The Hall–Kier alpha value is -2.54. The molecule has 3 fully saturated rings. The van der Waals surface area contributed by atoms with Gasteiger partial charge in [-0.15, -0.1) is 0 Å². The van der Waals surface area contributed by atoms with Crippen LogP contribution in [-0.4, -0.2) is 42.9 Å². The van der Waals surface area contributed by atoms with Gasteiger partial charge >= 0.3 is 0 Å². The Balaban J connectivity index is 1.33. The predicted octanol–water partition coefficient (Wildman–Crippen LogP) is 0.980. The molecule has 1 aromatic carbocycles. The van der Waals surface area contributed by atoms with Crippen molar-refractivity contribution in [3.63, 3.8) is 0 Å². The van der Waals surface area contributed by atoms with Crippen molar-refractivity contribution in [2.75, 3.05) is 18.2 Å². The van der Waals surface area contributed by atoms with Crippen molar-refractivity contribution in [3.05, 3.63) is 30.4 Å². The number of benzene rings is 1. The molecule has 4 heterocycles. The van der Waals surface area contributed by atoms with Crippen molar-refractivity contribution in [2.24, 2.45) is 11.8 Å². The minimum atomic E-state index is -0.705. The number of rotatable bonds is 3. The summed E-state index contributed by atoms with van der Waals surface area (Å²) in [6, 6.07) is 5.73. The maximum Gasteiger partial charge on any atom is 0.234 e. The molecule has 26 heavy (non-hydrogen) atoms. The van der Waals surface area contributed by atoms with E-state index in [0.717, 1.165) is 18.5 Å². The standard InChI is InChI=1S/C19H18N2O5/c22-17(20-10-1-2-10)15-13-5-6-19(26-13)8-21(18(23)16(15)19)11-3-4-12-14(7-11)25-9-24-12/h3-7,10,13,15-16H,1-2,8-9H2,(H,20,22). The van der Waals surface area contributed by atoms with E-state index in [4.69, 9.17) is 14.2 Å². The third kappa shape index (κ3) is 1.86. The van der Waals surface area contributed by atoms with Crippen molar-refractivity contribution in [3.8, 4) is 11.5 Å². The lowest BCUT2D eigenvalue weighted by molar-refractivity contribution is -0.132. The van der Waals surface area contributed by atoms with Gasteiger partial charge in [0.15, 0.2) is 11.5 Å². The van der Waals surface area contributed by atoms with Crippen LogP contribution in [0.1, 0.15) is 12.8 Å². The number of carbonyl (C=O) groups excluding carboxylic acids is 2. The fourth-order valence-corrected chi connectivity index (χ4v) is 4.59. The molecule has 6 rings (SSSR count). The molecular weight excluding hydrogens is 336 g/mol. The lowest BCUT2D eigenvalue weighted by atomic mass is 9.77. The van der Waals surface area contributed by atoms with Gasteiger partial charge < -0.3 is 24.4 Å². The zero-order chi connectivity index (χ0) is 17.5. The summed E-state index contributed by atoms with van der Waals surface area (Å²) < 4.78 is 16.9. The van der Waals surface area contributed by atoms with E-state index in [1.54, 1.807) is 4.90 Å². The van der Waals surface area contributed by atoms with E-state index in [0.29, 0.717) is 18.0 Å². The average molecular weight is 354 g/mol. The van der Waals surface area contributed by atoms with E-state index in [2.05, 4.69) is 5.32 Å². The Kier molecular flexibility index (Phi) is 2.69. The van der Waals surface area contributed by atoms with Crippen LogP contribution < -0.4 is 19.7 Å². The van der Waals surface area contributed by atoms with Crippen molar-refractivity contribution in [1.29, 1.82) is 0 Å². The highest BCUT2D eigenvalue weighted by Gasteiger charge is 2.67. The molecule has 1 aromatic rings. The second-order valence-corrected chi connectivity index (χ2v) is 7.64. The minimum Gasteiger partial charge on any atom is -0.454 e. The molecule has 2 saturated heterocycles. The van der Waals surface area contributed by atoms with Gasteiger partial charge in [0, 0.05) is 17.8 Å². The van der Waals surface area contributed by atoms with Crippen molar-refractivity contribution < 1.29 is 23.8 Å². The summed E-state index contributed by atoms with van der Waals surface area (Å²) in [7, 11) is 0. The summed E-state index contributed by atoms with van der Waals surface area (Å²) in [6.07, 6.45) is 5.64. The van der Waals surface area contributed by atoms with Gasteiger partial charge in [0.1, 0.15) is 5.60 Å². The number of carbonyl (C=O) groups is 2. The number of nitrogens with one attached hydrogen (secondary N) is 1. The van der Waals surface area contributed by atoms with Gasteiger partial charge in [-0.05, 0) is 25.0 Å². The molecule has 4 unspecified atom stereocenters. The van der Waals surface area contributed by atoms with Crippen molar-refractivity contribution in [1.82, 2.24) is 5.32 Å². The summed E-state index contributed by atoms with van der Waals surface area (Å²) in [5.41, 5.74) is 0.0359. The van der Waals surface area contributed by atoms with E-state index in [-0.39, 0.29) is 30.8 Å². The van der Waals surface area contributed by atoms with Crippen LogP contribution in [0.2, 0.25) is 0 Å². The topological polar surface area (TPSA) is 77.1 Å². The third-order valence-corrected chi connectivity index (χ3v) is 5.99. The molecule has 0 aromatic heterocycles. The van der Waals surface area contributed by atoms with Gasteiger partial charge in [0.25, 0.3) is 0 Å². The van der Waals surface area contributed by atoms with Gasteiger partial charge in [0.2, 0.25) is 18.6 Å². The van der Waals surface area contributed by atoms with Crippen LogP contribution in [0.25, 0.3) is 0 Å². The number of hydrogen-bond acceptors (Lipinski definition) is 5. The molecule has 7 nitrogen and oxygen atoms in total. The molecule has 1 aliphatic carbocycles. The zero-order valence-electron chi connectivity index (χ0n) is 14.0. The number of nitrogens with zero attached hydrogens (tertiary/aromatic N) is 1. The normalized spacial score (nSPS) is 35.9. The molecule has 134 valence electrons. The Bertz CT molecular complexity index is 863. The monoisotopic (exact) mass is 354 g/mol. The van der Waals surface area contributed by atoms with Crippen LogP contribution in [0.5, 0.6) is 11.5 Å². The van der Waals surface area contributed by atoms with Crippen LogP contribution in [0, 0.1) is 11.8 Å². The van der Waals surface area contributed by atoms with E-state index in [1.165, 1.54) is 0 Å². The lowest BCUT2D eigenvalue weighted by Crippen LogP contribution is -2.44. The van der Waals surface area contributed by atoms with Gasteiger partial charge in [0.05, 0.1) is 24.5 Å². The molecule has 4 atom stereocenters. The molecule has 0 radical (unpaired) electrons. The first kappa shape index (κ1) is 14.6. The summed E-state index contributed by atoms with van der Waals surface area (Å²) in [4.78, 5) is 27.7. The van der Waals surface area contributed by atoms with Gasteiger partial charge in [-0.25, -0.2) is 0 Å². The molecular formula is C19H18N2O5. The van der Waals surface area contributed by atoms with Crippen molar-refractivity contribution >= 4 is 17.5 Å².